The predicted molar refractivity (Wildman–Crippen MR) is 116 cm³/mol. The number of amides is 1. The molecule has 0 aliphatic heterocycles. The number of aromatic nitrogens is 1. The number of carbonyl (C=O) groups is 1. The minimum atomic E-state index is -4.44. The quantitative estimate of drug-likeness (QED) is 0.410. The third-order valence-electron chi connectivity index (χ3n) is 4.47. The van der Waals surface area contributed by atoms with Gasteiger partial charge in [0, 0.05) is 38.5 Å². The molecule has 174 valence electrons. The van der Waals surface area contributed by atoms with E-state index in [-0.39, 0.29) is 29.7 Å². The van der Waals surface area contributed by atoms with Gasteiger partial charge in [-0.2, -0.15) is 17.5 Å². The summed E-state index contributed by atoms with van der Waals surface area (Å²) in [6.45, 7) is 4.80. The zero-order valence-corrected chi connectivity index (χ0v) is 18.5. The van der Waals surface area contributed by atoms with E-state index in [9.17, 15) is 26.4 Å². The van der Waals surface area contributed by atoms with Crippen LogP contribution in [0.5, 0.6) is 0 Å². The highest BCUT2D eigenvalue weighted by Gasteiger charge is 2.30. The Morgan fingerprint density at radius 1 is 1.06 bits per heavy atom. The van der Waals surface area contributed by atoms with Crippen LogP contribution < -0.4 is 10.6 Å². The smallest absolute Gasteiger partial charge is 0.368 e. The van der Waals surface area contributed by atoms with E-state index in [1.165, 1.54) is 28.6 Å². The Morgan fingerprint density at radius 3 is 2.25 bits per heavy atom. The van der Waals surface area contributed by atoms with Crippen molar-refractivity contribution in [3.63, 3.8) is 0 Å². The van der Waals surface area contributed by atoms with Crippen molar-refractivity contribution in [2.45, 2.75) is 24.9 Å². The molecule has 0 bridgehead atoms. The molecule has 0 aliphatic carbocycles. The minimum absolute atomic E-state index is 0.186. The van der Waals surface area contributed by atoms with Crippen LogP contribution >= 0.6 is 0 Å². The molecule has 0 aliphatic rings. The highest BCUT2D eigenvalue weighted by Crippen LogP contribution is 2.28. The first-order valence-electron chi connectivity index (χ1n) is 9.91. The number of alkyl halides is 3. The van der Waals surface area contributed by atoms with Crippen molar-refractivity contribution in [3.8, 4) is 0 Å². The van der Waals surface area contributed by atoms with Crippen LogP contribution in [0.3, 0.4) is 0 Å². The van der Waals surface area contributed by atoms with Crippen LogP contribution in [0.1, 0.15) is 25.0 Å². The van der Waals surface area contributed by atoms with Gasteiger partial charge in [0.1, 0.15) is 5.82 Å². The van der Waals surface area contributed by atoms with Crippen molar-refractivity contribution >= 4 is 27.8 Å². The van der Waals surface area contributed by atoms with E-state index in [0.717, 1.165) is 12.3 Å². The Bertz CT molecular complexity index is 1020. The van der Waals surface area contributed by atoms with E-state index >= 15 is 0 Å². The van der Waals surface area contributed by atoms with Crippen LogP contribution in [-0.2, 0) is 21.0 Å². The lowest BCUT2D eigenvalue weighted by atomic mass is 10.2. The second-order valence-electron chi connectivity index (χ2n) is 6.64. The third-order valence-corrected chi connectivity index (χ3v) is 6.54. The van der Waals surface area contributed by atoms with Crippen molar-refractivity contribution in [1.29, 1.82) is 0 Å². The molecule has 32 heavy (non-hydrogen) atoms. The van der Waals surface area contributed by atoms with Crippen molar-refractivity contribution in [3.05, 3.63) is 59.8 Å². The minimum Gasteiger partial charge on any atom is -0.368 e. The molecule has 0 spiro atoms. The van der Waals surface area contributed by atoms with Gasteiger partial charge < -0.3 is 10.6 Å². The first-order chi connectivity index (χ1) is 15.1. The second-order valence-corrected chi connectivity index (χ2v) is 8.58. The molecule has 2 N–H and O–H groups in total. The van der Waals surface area contributed by atoms with Gasteiger partial charge >= 0.3 is 6.18 Å². The molecule has 1 aromatic carbocycles. The van der Waals surface area contributed by atoms with Crippen LogP contribution in [0.15, 0.2) is 53.6 Å². The summed E-state index contributed by atoms with van der Waals surface area (Å²) in [5.41, 5.74) is -0.175. The van der Waals surface area contributed by atoms with E-state index in [4.69, 9.17) is 0 Å². The maximum absolute atomic E-state index is 12.5. The Hall–Kier alpha value is -2.92. The van der Waals surface area contributed by atoms with Crippen LogP contribution in [0.4, 0.5) is 19.0 Å². The molecular formula is C21H25F3N4O3S. The number of hydrogen-bond donors (Lipinski definition) is 2. The fraction of sp³-hybridized carbons (Fsp3) is 0.333. The normalized spacial score (nSPS) is 12.3. The monoisotopic (exact) mass is 470 g/mol. The maximum atomic E-state index is 12.5. The van der Waals surface area contributed by atoms with E-state index < -0.39 is 21.8 Å². The molecular weight excluding hydrogens is 445 g/mol. The molecule has 0 unspecified atom stereocenters. The molecule has 11 heteroatoms. The van der Waals surface area contributed by atoms with Crippen LogP contribution in [0.25, 0.3) is 6.08 Å². The largest absolute Gasteiger partial charge is 0.417 e. The van der Waals surface area contributed by atoms with Crippen molar-refractivity contribution < 1.29 is 26.4 Å². The number of rotatable bonds is 10. The second kappa shape index (κ2) is 11.1. The van der Waals surface area contributed by atoms with E-state index in [1.807, 2.05) is 0 Å². The van der Waals surface area contributed by atoms with Crippen molar-refractivity contribution in [1.82, 2.24) is 14.6 Å². The number of carbonyl (C=O) groups excluding carboxylic acids is 1. The lowest BCUT2D eigenvalue weighted by molar-refractivity contribution is -0.137. The van der Waals surface area contributed by atoms with Crippen LogP contribution in [0.2, 0.25) is 0 Å². The van der Waals surface area contributed by atoms with Gasteiger partial charge in [0.2, 0.25) is 15.9 Å². The van der Waals surface area contributed by atoms with Crippen LogP contribution in [0, 0.1) is 0 Å². The average molecular weight is 471 g/mol. The number of nitrogens with one attached hydrogen (secondary N) is 2. The number of halogens is 3. The summed E-state index contributed by atoms with van der Waals surface area (Å²) in [5.74, 6) is -0.102. The van der Waals surface area contributed by atoms with Gasteiger partial charge in [-0.25, -0.2) is 13.4 Å². The lowest BCUT2D eigenvalue weighted by Crippen LogP contribution is -2.30. The molecule has 7 nitrogen and oxygen atoms in total. The summed E-state index contributed by atoms with van der Waals surface area (Å²) in [5, 5.41) is 5.44. The SMILES string of the molecule is CCN(CC)S(=O)(=O)c1ccc(/C=C/C(=O)NCCNc2ccc(C(F)(F)F)cn2)cc1. The third kappa shape index (κ3) is 7.06. The average Bonchev–Trinajstić information content (AvgIpc) is 2.76. The summed E-state index contributed by atoms with van der Waals surface area (Å²) in [6, 6.07) is 8.35. The van der Waals surface area contributed by atoms with Gasteiger partial charge in [-0.1, -0.05) is 26.0 Å². The van der Waals surface area contributed by atoms with Gasteiger partial charge in [-0.3, -0.25) is 4.79 Å². The molecule has 1 aromatic heterocycles. The molecule has 0 saturated heterocycles. The zero-order chi connectivity index (χ0) is 23.8. The fourth-order valence-corrected chi connectivity index (χ4v) is 4.19. The molecule has 1 heterocycles. The molecule has 0 atom stereocenters. The summed E-state index contributed by atoms with van der Waals surface area (Å²) >= 11 is 0. The Balaban J connectivity index is 1.81. The number of sulfonamides is 1. The predicted octanol–water partition coefficient (Wildman–Crippen LogP) is 3.37. The Morgan fingerprint density at radius 2 is 1.72 bits per heavy atom. The summed E-state index contributed by atoms with van der Waals surface area (Å²) in [7, 11) is -3.53. The molecule has 2 rings (SSSR count). The highest BCUT2D eigenvalue weighted by molar-refractivity contribution is 7.89. The Kier molecular flexibility index (Phi) is 8.79. The number of benzene rings is 1. The van der Waals surface area contributed by atoms with Gasteiger partial charge in [0.25, 0.3) is 0 Å². The van der Waals surface area contributed by atoms with E-state index in [1.54, 1.807) is 32.1 Å². The van der Waals surface area contributed by atoms with E-state index in [0.29, 0.717) is 18.7 Å². The first kappa shape index (κ1) is 25.3. The lowest BCUT2D eigenvalue weighted by Gasteiger charge is -2.18. The van der Waals surface area contributed by atoms with Crippen LogP contribution in [-0.4, -0.2) is 49.8 Å². The number of nitrogens with zero attached hydrogens (tertiary/aromatic N) is 2. The first-order valence-corrected chi connectivity index (χ1v) is 11.3. The fourth-order valence-electron chi connectivity index (χ4n) is 2.74. The number of anilines is 1. The van der Waals surface area contributed by atoms with Gasteiger partial charge in [0.15, 0.2) is 0 Å². The highest BCUT2D eigenvalue weighted by atomic mass is 32.2. The van der Waals surface area contributed by atoms with Gasteiger partial charge in [-0.05, 0) is 35.9 Å². The molecule has 0 radical (unpaired) electrons. The Labute approximate surface area is 185 Å². The van der Waals surface area contributed by atoms with Gasteiger partial charge in [0.05, 0.1) is 10.5 Å². The summed E-state index contributed by atoms with van der Waals surface area (Å²) < 4.78 is 63.8. The number of pyridine rings is 1. The molecule has 1 amide bonds. The van der Waals surface area contributed by atoms with Crippen molar-refractivity contribution in [2.75, 3.05) is 31.5 Å². The summed E-state index contributed by atoms with van der Waals surface area (Å²) in [4.78, 5) is 15.8. The standard InChI is InChI=1S/C21H25F3N4O3S/c1-3-28(4-2)32(30,31)18-9-5-16(6-10-18)7-12-20(29)26-14-13-25-19-11-8-17(15-27-19)21(22,23)24/h5-12,15H,3-4,13-14H2,1-2H3,(H,25,27)(H,26,29)/b12-7+. The number of hydrogen-bond acceptors (Lipinski definition) is 5. The van der Waals surface area contributed by atoms with Gasteiger partial charge in [-0.15, -0.1) is 0 Å². The molecule has 2 aromatic rings. The van der Waals surface area contributed by atoms with E-state index in [2.05, 4.69) is 15.6 Å². The zero-order valence-electron chi connectivity index (χ0n) is 17.7. The molecule has 0 saturated carbocycles. The molecule has 0 fully saturated rings. The summed E-state index contributed by atoms with van der Waals surface area (Å²) in [6.07, 6.45) is -0.841. The maximum Gasteiger partial charge on any atom is 0.417 e. The van der Waals surface area contributed by atoms with Crippen molar-refractivity contribution in [2.24, 2.45) is 0 Å². The topological polar surface area (TPSA) is 91.4 Å².